The first-order valence-corrected chi connectivity index (χ1v) is 5.10. The Morgan fingerprint density at radius 3 is 2.44 bits per heavy atom. The van der Waals surface area contributed by atoms with Crippen LogP contribution in [0.5, 0.6) is 0 Å². The van der Waals surface area contributed by atoms with Crippen molar-refractivity contribution >= 4 is 12.2 Å². The number of pyridine rings is 1. The standard InChI is InChI=1S/C11H14N3O.W/c1-10-2-3-11(12-8-10)14-6-4-13(9-15)5-7-14;/h2-3,8H,4-7H2,1H3;/q-1;. The fraction of sp³-hybridized carbons (Fsp3) is 0.455. The number of carbonyl (C=O) groups excluding carboxylic acids is 1. The zero-order valence-corrected chi connectivity index (χ0v) is 12.2. The third-order valence-corrected chi connectivity index (χ3v) is 2.63. The van der Waals surface area contributed by atoms with E-state index in [-0.39, 0.29) is 21.1 Å². The molecule has 2 heterocycles. The van der Waals surface area contributed by atoms with Gasteiger partial charge in [-0.1, -0.05) is 6.07 Å². The molecule has 1 aliphatic heterocycles. The molecule has 1 aromatic rings. The van der Waals surface area contributed by atoms with Crippen LogP contribution in [0.4, 0.5) is 5.82 Å². The maximum Gasteiger partial charge on any atom is 0.128 e. The molecule has 1 amide bonds. The van der Waals surface area contributed by atoms with Gasteiger partial charge in [0, 0.05) is 53.4 Å². The summed E-state index contributed by atoms with van der Waals surface area (Å²) in [6.07, 6.45) is 3.79. The van der Waals surface area contributed by atoms with E-state index in [9.17, 15) is 4.79 Å². The number of hydrogen-bond donors (Lipinski definition) is 0. The Labute approximate surface area is 110 Å². The number of rotatable bonds is 2. The Hall–Kier alpha value is -0.892. The molecule has 0 aliphatic carbocycles. The van der Waals surface area contributed by atoms with Crippen molar-refractivity contribution in [2.75, 3.05) is 31.1 Å². The zero-order chi connectivity index (χ0) is 10.7. The monoisotopic (exact) mass is 388 g/mol. The van der Waals surface area contributed by atoms with Crippen molar-refractivity contribution in [1.29, 1.82) is 0 Å². The molecule has 1 aromatic heterocycles. The number of aromatic nitrogens is 1. The van der Waals surface area contributed by atoms with Gasteiger partial charge in [0.05, 0.1) is 0 Å². The molecule has 0 aromatic carbocycles. The number of aryl methyl sites for hydroxylation is 1. The summed E-state index contributed by atoms with van der Waals surface area (Å²) in [5, 5.41) is 0. The van der Waals surface area contributed by atoms with Crippen LogP contribution in [0, 0.1) is 6.92 Å². The number of hydrogen-bond acceptors (Lipinski definition) is 3. The number of anilines is 1. The predicted molar refractivity (Wildman–Crippen MR) is 58.5 cm³/mol. The van der Waals surface area contributed by atoms with Gasteiger partial charge in [-0.05, 0) is 18.6 Å². The fourth-order valence-corrected chi connectivity index (χ4v) is 1.67. The Morgan fingerprint density at radius 2 is 1.94 bits per heavy atom. The van der Waals surface area contributed by atoms with Crippen molar-refractivity contribution in [1.82, 2.24) is 9.88 Å². The third kappa shape index (κ3) is 3.05. The summed E-state index contributed by atoms with van der Waals surface area (Å²) in [5.41, 5.74) is 1.17. The van der Waals surface area contributed by atoms with E-state index in [2.05, 4.69) is 16.0 Å². The van der Waals surface area contributed by atoms with Gasteiger partial charge in [0.2, 0.25) is 0 Å². The minimum absolute atomic E-state index is 0. The molecule has 0 unspecified atom stereocenters. The van der Waals surface area contributed by atoms with Crippen molar-refractivity contribution < 1.29 is 25.9 Å². The average molecular weight is 388 g/mol. The second kappa shape index (κ2) is 6.00. The minimum Gasteiger partial charge on any atom is -0.520 e. The molecule has 4 nitrogen and oxygen atoms in total. The second-order valence-corrected chi connectivity index (χ2v) is 3.76. The molecule has 0 N–H and O–H groups in total. The van der Waals surface area contributed by atoms with Crippen molar-refractivity contribution in [2.45, 2.75) is 6.92 Å². The smallest absolute Gasteiger partial charge is 0.128 e. The zero-order valence-electron chi connectivity index (χ0n) is 9.22. The van der Waals surface area contributed by atoms with E-state index >= 15 is 0 Å². The van der Waals surface area contributed by atoms with Crippen LogP contribution in [0.3, 0.4) is 0 Å². The molecule has 1 aliphatic rings. The van der Waals surface area contributed by atoms with Crippen LogP contribution in [-0.2, 0) is 25.9 Å². The average Bonchev–Trinajstić information content (AvgIpc) is 2.30. The first-order valence-electron chi connectivity index (χ1n) is 5.10. The van der Waals surface area contributed by atoms with Gasteiger partial charge in [0.25, 0.3) is 0 Å². The normalized spacial score (nSPS) is 15.6. The second-order valence-electron chi connectivity index (χ2n) is 3.76. The van der Waals surface area contributed by atoms with Crippen LogP contribution in [-0.4, -0.2) is 42.5 Å². The quantitative estimate of drug-likeness (QED) is 0.696. The molecular weight excluding hydrogens is 374 g/mol. The van der Waals surface area contributed by atoms with E-state index in [1.807, 2.05) is 25.6 Å². The van der Waals surface area contributed by atoms with Crippen LogP contribution >= 0.6 is 0 Å². The van der Waals surface area contributed by atoms with Crippen LogP contribution in [0.1, 0.15) is 5.56 Å². The summed E-state index contributed by atoms with van der Waals surface area (Å²) < 4.78 is 0. The van der Waals surface area contributed by atoms with Gasteiger partial charge in [-0.15, -0.1) is 0 Å². The summed E-state index contributed by atoms with van der Waals surface area (Å²) in [7, 11) is 0. The van der Waals surface area contributed by atoms with E-state index in [0.717, 1.165) is 32.0 Å². The largest absolute Gasteiger partial charge is 0.520 e. The van der Waals surface area contributed by atoms with Gasteiger partial charge in [0.1, 0.15) is 5.82 Å². The molecule has 0 radical (unpaired) electrons. The Kier molecular flexibility index (Phi) is 4.94. The molecule has 2 rings (SSSR count). The summed E-state index contributed by atoms with van der Waals surface area (Å²) in [5.74, 6) is 0.992. The molecule has 1 saturated heterocycles. The van der Waals surface area contributed by atoms with Gasteiger partial charge in [-0.2, -0.15) is 6.41 Å². The first-order chi connectivity index (χ1) is 7.29. The van der Waals surface area contributed by atoms with Crippen LogP contribution < -0.4 is 4.90 Å². The van der Waals surface area contributed by atoms with Gasteiger partial charge >= 0.3 is 0 Å². The summed E-state index contributed by atoms with van der Waals surface area (Å²) in [6, 6.07) is 4.08. The van der Waals surface area contributed by atoms with Crippen molar-refractivity contribution in [2.24, 2.45) is 0 Å². The van der Waals surface area contributed by atoms with Gasteiger partial charge in [-0.25, -0.2) is 4.98 Å². The molecule has 0 bridgehead atoms. The van der Waals surface area contributed by atoms with E-state index in [1.54, 1.807) is 4.90 Å². The van der Waals surface area contributed by atoms with Gasteiger partial charge in [0.15, 0.2) is 0 Å². The number of nitrogens with zero attached hydrogens (tertiary/aromatic N) is 3. The first kappa shape index (κ1) is 13.2. The maximum atomic E-state index is 10.4. The van der Waals surface area contributed by atoms with Crippen molar-refractivity contribution in [3.05, 3.63) is 23.9 Å². The Bertz CT molecular complexity index is 334. The summed E-state index contributed by atoms with van der Waals surface area (Å²) in [6.45, 7) is 5.17. The van der Waals surface area contributed by atoms with Gasteiger partial charge in [-0.3, -0.25) is 0 Å². The van der Waals surface area contributed by atoms with E-state index in [0.29, 0.717) is 0 Å². The number of amides is 1. The molecule has 0 saturated carbocycles. The maximum absolute atomic E-state index is 10.4. The molecule has 86 valence electrons. The fourth-order valence-electron chi connectivity index (χ4n) is 1.67. The minimum atomic E-state index is 0. The third-order valence-electron chi connectivity index (χ3n) is 2.63. The predicted octanol–water partition coefficient (Wildman–Crippen LogP) is 0.577. The van der Waals surface area contributed by atoms with E-state index in [1.165, 1.54) is 5.56 Å². The van der Waals surface area contributed by atoms with Crippen LogP contribution in [0.2, 0.25) is 0 Å². The SMILES string of the molecule is Cc1ccc(N2CCN([C-]=O)CC2)nc1.[W]. The van der Waals surface area contributed by atoms with Crippen LogP contribution in [0.15, 0.2) is 18.3 Å². The van der Waals surface area contributed by atoms with Crippen molar-refractivity contribution in [3.63, 3.8) is 0 Å². The summed E-state index contributed by atoms with van der Waals surface area (Å²) in [4.78, 5) is 18.6. The number of piperazine rings is 1. The summed E-state index contributed by atoms with van der Waals surface area (Å²) >= 11 is 0. The van der Waals surface area contributed by atoms with Crippen LogP contribution in [0.25, 0.3) is 0 Å². The van der Waals surface area contributed by atoms with E-state index in [4.69, 9.17) is 0 Å². The molecule has 1 fully saturated rings. The molecule has 16 heavy (non-hydrogen) atoms. The van der Waals surface area contributed by atoms with E-state index < -0.39 is 0 Å². The Balaban J connectivity index is 0.00000128. The molecule has 0 spiro atoms. The Morgan fingerprint density at radius 1 is 1.25 bits per heavy atom. The van der Waals surface area contributed by atoms with Crippen molar-refractivity contribution in [3.8, 4) is 0 Å². The molecular formula is C11H14N3OW-. The molecule has 0 atom stereocenters. The van der Waals surface area contributed by atoms with Gasteiger partial charge < -0.3 is 14.6 Å². The topological polar surface area (TPSA) is 36.4 Å². The molecule has 5 heteroatoms.